The summed E-state index contributed by atoms with van der Waals surface area (Å²) in [5, 5.41) is 6.89. The van der Waals surface area contributed by atoms with Gasteiger partial charge in [0.15, 0.2) is 5.96 Å². The molecule has 5 nitrogen and oxygen atoms in total. The molecule has 0 aliphatic carbocycles. The number of fused-ring (bicyclic) bond motifs is 2. The van der Waals surface area contributed by atoms with E-state index in [0.717, 1.165) is 25.3 Å². The molecule has 3 rings (SSSR count). The summed E-state index contributed by atoms with van der Waals surface area (Å²) in [5.74, 6) is 0.878. The van der Waals surface area contributed by atoms with Crippen LogP contribution in [-0.4, -0.2) is 42.8 Å². The van der Waals surface area contributed by atoms with Gasteiger partial charge in [0.25, 0.3) is 0 Å². The molecule has 114 valence electrons. The molecule has 2 saturated heterocycles. The molecule has 2 fully saturated rings. The van der Waals surface area contributed by atoms with Gasteiger partial charge in [-0.2, -0.15) is 0 Å². The van der Waals surface area contributed by atoms with Crippen molar-refractivity contribution in [1.29, 1.82) is 0 Å². The fourth-order valence-corrected chi connectivity index (χ4v) is 3.26. The first-order valence-corrected chi connectivity index (χ1v) is 7.78. The molecule has 0 radical (unpaired) electrons. The normalized spacial score (nSPS) is 27.9. The molecule has 1 aromatic heterocycles. The van der Waals surface area contributed by atoms with Crippen LogP contribution in [0.15, 0.2) is 23.5 Å². The smallest absolute Gasteiger partial charge is 0.191 e. The molecule has 2 aliphatic rings. The summed E-state index contributed by atoms with van der Waals surface area (Å²) in [5.41, 5.74) is 2.57. The number of guanidine groups is 1. The number of aryl methyl sites for hydroxylation is 1. The van der Waals surface area contributed by atoms with Crippen LogP contribution in [0.5, 0.6) is 0 Å². The van der Waals surface area contributed by atoms with Gasteiger partial charge in [-0.1, -0.05) is 0 Å². The average Bonchev–Trinajstić information content (AvgIpc) is 3.10. The van der Waals surface area contributed by atoms with E-state index in [0.29, 0.717) is 18.2 Å². The number of aliphatic imine (C=N–C) groups is 1. The second-order valence-corrected chi connectivity index (χ2v) is 5.91. The Labute approximate surface area is 126 Å². The van der Waals surface area contributed by atoms with E-state index in [1.807, 2.05) is 19.4 Å². The molecule has 3 heterocycles. The number of rotatable bonds is 4. The molecule has 3 unspecified atom stereocenters. The van der Waals surface area contributed by atoms with Gasteiger partial charge in [0.05, 0.1) is 18.2 Å². The molecule has 5 heteroatoms. The third-order valence-corrected chi connectivity index (χ3v) is 4.47. The molecule has 2 bridgehead atoms. The Hall–Kier alpha value is -1.62. The zero-order valence-corrected chi connectivity index (χ0v) is 12.8. The molecule has 2 aliphatic heterocycles. The van der Waals surface area contributed by atoms with Crippen LogP contribution in [0.2, 0.25) is 0 Å². The van der Waals surface area contributed by atoms with E-state index in [1.54, 1.807) is 0 Å². The van der Waals surface area contributed by atoms with Gasteiger partial charge < -0.3 is 15.4 Å². The number of aromatic nitrogens is 1. The van der Waals surface area contributed by atoms with Gasteiger partial charge >= 0.3 is 0 Å². The van der Waals surface area contributed by atoms with Gasteiger partial charge in [-0.15, -0.1) is 0 Å². The minimum absolute atomic E-state index is 0.371. The molecule has 0 spiro atoms. The summed E-state index contributed by atoms with van der Waals surface area (Å²) < 4.78 is 5.87. The van der Waals surface area contributed by atoms with E-state index in [2.05, 4.69) is 33.6 Å². The molecule has 0 aromatic carbocycles. The molecular formula is C16H24N4O. The van der Waals surface area contributed by atoms with Gasteiger partial charge in [0.2, 0.25) is 0 Å². The predicted octanol–water partition coefficient (Wildman–Crippen LogP) is 1.42. The first-order chi connectivity index (χ1) is 10.3. The van der Waals surface area contributed by atoms with Gasteiger partial charge in [-0.05, 0) is 49.8 Å². The van der Waals surface area contributed by atoms with Crippen LogP contribution in [0.4, 0.5) is 0 Å². The highest BCUT2D eigenvalue weighted by atomic mass is 16.5. The molecule has 0 amide bonds. The van der Waals surface area contributed by atoms with E-state index in [9.17, 15) is 0 Å². The molecule has 21 heavy (non-hydrogen) atoms. The Morgan fingerprint density at radius 1 is 1.48 bits per heavy atom. The van der Waals surface area contributed by atoms with Crippen LogP contribution in [0.1, 0.15) is 30.4 Å². The van der Waals surface area contributed by atoms with Gasteiger partial charge in [0.1, 0.15) is 0 Å². The van der Waals surface area contributed by atoms with Crippen LogP contribution in [0.25, 0.3) is 0 Å². The number of ether oxygens (including phenoxy) is 1. The fourth-order valence-electron chi connectivity index (χ4n) is 3.26. The largest absolute Gasteiger partial charge is 0.373 e. The second-order valence-electron chi connectivity index (χ2n) is 5.91. The summed E-state index contributed by atoms with van der Waals surface area (Å²) in [7, 11) is 1.82. The number of nitrogens with one attached hydrogen (secondary N) is 2. The molecule has 3 atom stereocenters. The lowest BCUT2D eigenvalue weighted by Gasteiger charge is -2.22. The third-order valence-electron chi connectivity index (χ3n) is 4.47. The monoisotopic (exact) mass is 288 g/mol. The van der Waals surface area contributed by atoms with Gasteiger partial charge in [-0.25, -0.2) is 0 Å². The number of nitrogens with zero attached hydrogens (tertiary/aromatic N) is 2. The topological polar surface area (TPSA) is 58.5 Å². The summed E-state index contributed by atoms with van der Waals surface area (Å²) in [6, 6.07) is 2.49. The first kappa shape index (κ1) is 14.3. The van der Waals surface area contributed by atoms with Crippen molar-refractivity contribution in [3.8, 4) is 0 Å². The minimum Gasteiger partial charge on any atom is -0.373 e. The average molecular weight is 288 g/mol. The molecular weight excluding hydrogens is 264 g/mol. The minimum atomic E-state index is 0.371. The van der Waals surface area contributed by atoms with Crippen molar-refractivity contribution in [1.82, 2.24) is 15.6 Å². The molecule has 0 saturated carbocycles. The first-order valence-electron chi connectivity index (χ1n) is 7.78. The SMILES string of the molecule is CN=C(NCCc1ccncc1C)NC1CC2CCC1O2. The maximum atomic E-state index is 5.87. The Balaban J connectivity index is 1.46. The number of hydrogen-bond donors (Lipinski definition) is 2. The number of pyridine rings is 1. The van der Waals surface area contributed by atoms with Crippen molar-refractivity contribution in [3.05, 3.63) is 29.6 Å². The Bertz CT molecular complexity index is 517. The van der Waals surface area contributed by atoms with E-state index in [1.165, 1.54) is 24.0 Å². The van der Waals surface area contributed by atoms with Crippen molar-refractivity contribution in [2.24, 2.45) is 4.99 Å². The lowest BCUT2D eigenvalue weighted by Crippen LogP contribution is -2.47. The highest BCUT2D eigenvalue weighted by Crippen LogP contribution is 2.34. The third kappa shape index (κ3) is 3.35. The quantitative estimate of drug-likeness (QED) is 0.650. The van der Waals surface area contributed by atoms with Crippen molar-refractivity contribution in [2.45, 2.75) is 50.9 Å². The maximum Gasteiger partial charge on any atom is 0.191 e. The predicted molar refractivity (Wildman–Crippen MR) is 83.5 cm³/mol. The Kier molecular flexibility index (Phi) is 4.39. The van der Waals surface area contributed by atoms with Crippen molar-refractivity contribution in [3.63, 3.8) is 0 Å². The van der Waals surface area contributed by atoms with Gasteiger partial charge in [-0.3, -0.25) is 9.98 Å². The zero-order valence-electron chi connectivity index (χ0n) is 12.8. The highest BCUT2D eigenvalue weighted by Gasteiger charge is 2.41. The van der Waals surface area contributed by atoms with Crippen LogP contribution >= 0.6 is 0 Å². The second kappa shape index (κ2) is 6.43. The van der Waals surface area contributed by atoms with Crippen molar-refractivity contribution >= 4 is 5.96 Å². The van der Waals surface area contributed by atoms with Gasteiger partial charge in [0, 0.05) is 26.0 Å². The van der Waals surface area contributed by atoms with Crippen LogP contribution < -0.4 is 10.6 Å². The van der Waals surface area contributed by atoms with E-state index in [-0.39, 0.29) is 0 Å². The van der Waals surface area contributed by atoms with Crippen molar-refractivity contribution in [2.75, 3.05) is 13.6 Å². The van der Waals surface area contributed by atoms with E-state index >= 15 is 0 Å². The molecule has 1 aromatic rings. The lowest BCUT2D eigenvalue weighted by atomic mass is 9.96. The zero-order chi connectivity index (χ0) is 14.7. The van der Waals surface area contributed by atoms with Crippen LogP contribution in [0.3, 0.4) is 0 Å². The van der Waals surface area contributed by atoms with Crippen molar-refractivity contribution < 1.29 is 4.74 Å². The molecule has 2 N–H and O–H groups in total. The van der Waals surface area contributed by atoms with E-state index < -0.39 is 0 Å². The fraction of sp³-hybridized carbons (Fsp3) is 0.625. The Morgan fingerprint density at radius 3 is 3.05 bits per heavy atom. The summed E-state index contributed by atoms with van der Waals surface area (Å²) in [6.45, 7) is 2.97. The van der Waals surface area contributed by atoms with Crippen LogP contribution in [-0.2, 0) is 11.2 Å². The standard InChI is InChI=1S/C16H24N4O/c1-11-10-18-7-5-12(11)6-8-19-16(17-2)20-14-9-13-3-4-15(14)21-13/h5,7,10,13-15H,3-4,6,8-9H2,1-2H3,(H2,17,19,20). The Morgan fingerprint density at radius 2 is 2.38 bits per heavy atom. The van der Waals surface area contributed by atoms with E-state index in [4.69, 9.17) is 4.74 Å². The van der Waals surface area contributed by atoms with Crippen LogP contribution in [0, 0.1) is 6.92 Å². The summed E-state index contributed by atoms with van der Waals surface area (Å²) in [4.78, 5) is 8.44. The summed E-state index contributed by atoms with van der Waals surface area (Å²) in [6.07, 6.45) is 9.07. The maximum absolute atomic E-state index is 5.87. The number of hydrogen-bond acceptors (Lipinski definition) is 3. The highest BCUT2D eigenvalue weighted by molar-refractivity contribution is 5.80. The summed E-state index contributed by atoms with van der Waals surface area (Å²) >= 11 is 0. The lowest BCUT2D eigenvalue weighted by molar-refractivity contribution is 0.0992.